The number of aryl methyl sites for hydroxylation is 2. The van der Waals surface area contributed by atoms with E-state index in [1.54, 1.807) is 26.8 Å². The van der Waals surface area contributed by atoms with Gasteiger partial charge in [-0.05, 0) is 20.8 Å². The number of carbonyl (C=O) groups is 1. The molecule has 96 valence electrons. The molecule has 6 nitrogen and oxygen atoms in total. The Morgan fingerprint density at radius 3 is 2.67 bits per heavy atom. The average Bonchev–Trinajstić information content (AvgIpc) is 2.66. The van der Waals surface area contributed by atoms with Crippen LogP contribution in [0.15, 0.2) is 15.9 Å². The van der Waals surface area contributed by atoms with Gasteiger partial charge in [0.15, 0.2) is 0 Å². The fourth-order valence-corrected chi connectivity index (χ4v) is 1.43. The van der Waals surface area contributed by atoms with Crippen molar-refractivity contribution in [2.75, 3.05) is 6.61 Å². The summed E-state index contributed by atoms with van der Waals surface area (Å²) in [6.45, 7) is 5.17. The Morgan fingerprint density at radius 2 is 2.22 bits per heavy atom. The topological polar surface area (TPSA) is 96.3 Å². The number of aliphatic hydroxyl groups excluding tert-OH is 1. The van der Waals surface area contributed by atoms with Gasteiger partial charge in [-0.2, -0.15) is 5.26 Å². The second-order valence-corrected chi connectivity index (χ2v) is 3.64. The van der Waals surface area contributed by atoms with E-state index < -0.39 is 11.7 Å². The van der Waals surface area contributed by atoms with Crippen LogP contribution >= 0.6 is 0 Å². The van der Waals surface area contributed by atoms with Crippen molar-refractivity contribution in [2.24, 2.45) is 0 Å². The van der Waals surface area contributed by atoms with Crippen LogP contribution in [0.1, 0.15) is 23.9 Å². The maximum Gasteiger partial charge on any atom is 0.374 e. The molecule has 1 heterocycles. The molecule has 0 aliphatic heterocycles. The van der Waals surface area contributed by atoms with Crippen molar-refractivity contribution < 1.29 is 19.2 Å². The van der Waals surface area contributed by atoms with Crippen LogP contribution in [0, 0.1) is 25.2 Å². The minimum atomic E-state index is -0.902. The lowest BCUT2D eigenvalue weighted by atomic mass is 10.0. The molecule has 0 aliphatic carbocycles. The number of ether oxygens (including phenoxy) is 1. The number of hydrogen-bond donors (Lipinski definition) is 1. The molecule has 0 aliphatic rings. The molecule has 0 saturated heterocycles. The molecule has 1 aromatic rings. The van der Waals surface area contributed by atoms with E-state index in [-0.39, 0.29) is 18.6 Å². The van der Waals surface area contributed by atoms with Crippen LogP contribution in [0.3, 0.4) is 0 Å². The van der Waals surface area contributed by atoms with Gasteiger partial charge in [-0.15, -0.1) is 0 Å². The summed E-state index contributed by atoms with van der Waals surface area (Å²) in [5.41, 5.74) is 1.24. The molecule has 0 bridgehead atoms. The van der Waals surface area contributed by atoms with Gasteiger partial charge in [-0.3, -0.25) is 0 Å². The van der Waals surface area contributed by atoms with E-state index in [1.807, 2.05) is 0 Å². The first-order valence-corrected chi connectivity index (χ1v) is 5.42. The molecule has 18 heavy (non-hydrogen) atoms. The molecule has 0 fully saturated rings. The van der Waals surface area contributed by atoms with Crippen molar-refractivity contribution in [1.29, 1.82) is 5.26 Å². The van der Waals surface area contributed by atoms with E-state index in [0.29, 0.717) is 17.0 Å². The minimum absolute atomic E-state index is 0.0668. The number of hydrogen-bond acceptors (Lipinski definition) is 6. The zero-order chi connectivity index (χ0) is 13.7. The number of nitrogens with zero attached hydrogens (tertiary/aromatic N) is 2. The molecule has 0 aromatic carbocycles. The van der Waals surface area contributed by atoms with E-state index in [0.717, 1.165) is 0 Å². The Balaban J connectivity index is 3.02. The summed E-state index contributed by atoms with van der Waals surface area (Å²) < 4.78 is 9.58. The molecule has 0 unspecified atom stereocenters. The molecule has 0 saturated carbocycles. The lowest BCUT2D eigenvalue weighted by Crippen LogP contribution is -2.10. The maximum atomic E-state index is 11.3. The lowest BCUT2D eigenvalue weighted by Gasteiger charge is -2.03. The van der Waals surface area contributed by atoms with Crippen molar-refractivity contribution in [3.05, 3.63) is 28.3 Å². The van der Waals surface area contributed by atoms with Crippen LogP contribution in [0.2, 0.25) is 0 Å². The Bertz CT molecular complexity index is 503. The van der Waals surface area contributed by atoms with Crippen molar-refractivity contribution in [3.8, 4) is 6.07 Å². The van der Waals surface area contributed by atoms with E-state index >= 15 is 0 Å². The van der Waals surface area contributed by atoms with Gasteiger partial charge in [0.05, 0.1) is 23.9 Å². The van der Waals surface area contributed by atoms with Gasteiger partial charge in [0.2, 0.25) is 5.76 Å². The highest BCUT2D eigenvalue weighted by atomic mass is 16.5. The van der Waals surface area contributed by atoms with Gasteiger partial charge in [-0.1, -0.05) is 5.16 Å². The third-order valence-corrected chi connectivity index (χ3v) is 2.42. The summed E-state index contributed by atoms with van der Waals surface area (Å²) in [5, 5.41) is 22.3. The first-order chi connectivity index (χ1) is 8.51. The number of allylic oxidation sites excluding steroid dienone is 1. The van der Waals surface area contributed by atoms with Gasteiger partial charge >= 0.3 is 5.97 Å². The zero-order valence-corrected chi connectivity index (χ0v) is 10.5. The number of aromatic nitrogens is 1. The molecule has 1 N–H and O–H groups in total. The highest BCUT2D eigenvalue weighted by molar-refractivity contribution is 5.87. The number of nitriles is 1. The van der Waals surface area contributed by atoms with E-state index in [4.69, 9.17) is 9.78 Å². The van der Waals surface area contributed by atoms with Gasteiger partial charge in [0.25, 0.3) is 0 Å². The second-order valence-electron chi connectivity index (χ2n) is 3.64. The van der Waals surface area contributed by atoms with Crippen LogP contribution in [-0.4, -0.2) is 22.8 Å². The van der Waals surface area contributed by atoms with Crippen LogP contribution in [-0.2, 0) is 16.0 Å². The SMILES string of the molecule is CCOC(=O)/C(O)=C(\C#N)Cc1c(C)noc1C. The predicted octanol–water partition coefficient (Wildman–Crippen LogP) is 1.73. The summed E-state index contributed by atoms with van der Waals surface area (Å²) in [6.07, 6.45) is 0.0856. The van der Waals surface area contributed by atoms with Crippen LogP contribution in [0.25, 0.3) is 0 Å². The minimum Gasteiger partial charge on any atom is -0.501 e. The third kappa shape index (κ3) is 2.88. The number of esters is 1. The average molecular weight is 250 g/mol. The summed E-state index contributed by atoms with van der Waals surface area (Å²) in [7, 11) is 0. The predicted molar refractivity (Wildman–Crippen MR) is 61.6 cm³/mol. The summed E-state index contributed by atoms with van der Waals surface area (Å²) in [6, 6.07) is 1.79. The summed E-state index contributed by atoms with van der Waals surface area (Å²) >= 11 is 0. The van der Waals surface area contributed by atoms with Crippen molar-refractivity contribution in [1.82, 2.24) is 5.16 Å². The molecule has 0 amide bonds. The van der Waals surface area contributed by atoms with Crippen LogP contribution in [0.5, 0.6) is 0 Å². The Labute approximate surface area is 104 Å². The van der Waals surface area contributed by atoms with E-state index in [2.05, 4.69) is 9.89 Å². The molecule has 0 radical (unpaired) electrons. The molecule has 6 heteroatoms. The Hall–Kier alpha value is -2.29. The van der Waals surface area contributed by atoms with Gasteiger partial charge in [0.1, 0.15) is 5.76 Å². The molecule has 1 rings (SSSR count). The molecule has 0 spiro atoms. The van der Waals surface area contributed by atoms with E-state index in [1.165, 1.54) is 0 Å². The first kappa shape index (κ1) is 13.8. The first-order valence-electron chi connectivity index (χ1n) is 5.42. The second kappa shape index (κ2) is 5.87. The fourth-order valence-electron chi connectivity index (χ4n) is 1.43. The Kier molecular flexibility index (Phi) is 4.49. The van der Waals surface area contributed by atoms with Crippen LogP contribution in [0.4, 0.5) is 0 Å². The smallest absolute Gasteiger partial charge is 0.374 e. The van der Waals surface area contributed by atoms with Gasteiger partial charge in [-0.25, -0.2) is 4.79 Å². The number of rotatable bonds is 4. The van der Waals surface area contributed by atoms with Crippen molar-refractivity contribution >= 4 is 5.97 Å². The lowest BCUT2D eigenvalue weighted by molar-refractivity contribution is -0.141. The normalized spacial score (nSPS) is 11.7. The van der Waals surface area contributed by atoms with Gasteiger partial charge < -0.3 is 14.4 Å². The summed E-state index contributed by atoms with van der Waals surface area (Å²) in [5.74, 6) is -1.02. The molecular weight excluding hydrogens is 236 g/mol. The largest absolute Gasteiger partial charge is 0.501 e. The Morgan fingerprint density at radius 1 is 1.56 bits per heavy atom. The highest BCUT2D eigenvalue weighted by Crippen LogP contribution is 2.18. The molecule has 0 atom stereocenters. The fraction of sp³-hybridized carbons (Fsp3) is 0.417. The quantitative estimate of drug-likeness (QED) is 0.378. The van der Waals surface area contributed by atoms with Crippen molar-refractivity contribution in [3.63, 3.8) is 0 Å². The standard InChI is InChI=1S/C12H14N2O4/c1-4-17-12(16)11(15)9(6-13)5-10-7(2)14-18-8(10)3/h15H,4-5H2,1-3H3/b11-9+. The molecule has 1 aromatic heterocycles. The monoisotopic (exact) mass is 250 g/mol. The third-order valence-electron chi connectivity index (χ3n) is 2.42. The number of aliphatic hydroxyl groups is 1. The highest BCUT2D eigenvalue weighted by Gasteiger charge is 2.19. The van der Waals surface area contributed by atoms with Gasteiger partial charge in [0, 0.05) is 12.0 Å². The van der Waals surface area contributed by atoms with Crippen LogP contribution < -0.4 is 0 Å². The zero-order valence-electron chi connectivity index (χ0n) is 10.5. The van der Waals surface area contributed by atoms with Crippen molar-refractivity contribution in [2.45, 2.75) is 27.2 Å². The number of carbonyl (C=O) groups excluding carboxylic acids is 1. The maximum absolute atomic E-state index is 11.3. The molecular formula is C12H14N2O4. The van der Waals surface area contributed by atoms with E-state index in [9.17, 15) is 9.90 Å². The summed E-state index contributed by atoms with van der Waals surface area (Å²) in [4.78, 5) is 11.3.